The first-order valence-corrected chi connectivity index (χ1v) is 7.44. The highest BCUT2D eigenvalue weighted by Crippen LogP contribution is 2.37. The van der Waals surface area contributed by atoms with Gasteiger partial charge in [-0.1, -0.05) is 13.8 Å². The second-order valence-corrected chi connectivity index (χ2v) is 6.24. The predicted molar refractivity (Wildman–Crippen MR) is 73.0 cm³/mol. The lowest BCUT2D eigenvalue weighted by atomic mass is 10.2. The fraction of sp³-hybridized carbons (Fsp3) is 0.692. The molecule has 0 spiro atoms. The number of aromatic nitrogens is 2. The van der Waals surface area contributed by atoms with Gasteiger partial charge in [0.15, 0.2) is 0 Å². The highest BCUT2D eigenvalue weighted by atomic mass is 32.2. The van der Waals surface area contributed by atoms with Gasteiger partial charge in [0.25, 0.3) is 0 Å². The SMILES string of the molecule is CC(C)CNCc1ccnc(C2CCCS2)n1. The summed E-state index contributed by atoms with van der Waals surface area (Å²) in [4.78, 5) is 9.06. The van der Waals surface area contributed by atoms with Gasteiger partial charge >= 0.3 is 0 Å². The number of rotatable bonds is 5. The first-order valence-electron chi connectivity index (χ1n) is 6.40. The fourth-order valence-corrected chi connectivity index (χ4v) is 3.15. The Balaban J connectivity index is 1.91. The van der Waals surface area contributed by atoms with Crippen LogP contribution < -0.4 is 5.32 Å². The Morgan fingerprint density at radius 3 is 3.12 bits per heavy atom. The molecule has 0 amide bonds. The third-order valence-electron chi connectivity index (χ3n) is 2.81. The Kier molecular flexibility index (Phi) is 4.80. The van der Waals surface area contributed by atoms with Crippen LogP contribution in [0.15, 0.2) is 12.3 Å². The molecule has 1 aromatic heterocycles. The van der Waals surface area contributed by atoms with Crippen molar-refractivity contribution in [3.05, 3.63) is 23.8 Å². The van der Waals surface area contributed by atoms with Crippen molar-refractivity contribution in [2.75, 3.05) is 12.3 Å². The zero-order valence-electron chi connectivity index (χ0n) is 10.6. The van der Waals surface area contributed by atoms with Gasteiger partial charge in [0.2, 0.25) is 0 Å². The van der Waals surface area contributed by atoms with Crippen molar-refractivity contribution in [3.63, 3.8) is 0 Å². The minimum absolute atomic E-state index is 0.528. The molecule has 0 aromatic carbocycles. The standard InChI is InChI=1S/C13H21N3S/c1-10(2)8-14-9-11-5-6-15-13(16-11)12-4-3-7-17-12/h5-6,10,12,14H,3-4,7-9H2,1-2H3. The highest BCUT2D eigenvalue weighted by Gasteiger charge is 2.20. The van der Waals surface area contributed by atoms with Gasteiger partial charge in [0, 0.05) is 12.7 Å². The van der Waals surface area contributed by atoms with E-state index < -0.39 is 0 Å². The molecule has 0 saturated carbocycles. The molecule has 1 aliphatic rings. The molecule has 1 saturated heterocycles. The van der Waals surface area contributed by atoms with E-state index in [0.29, 0.717) is 11.2 Å². The summed E-state index contributed by atoms with van der Waals surface area (Å²) in [6, 6.07) is 2.01. The summed E-state index contributed by atoms with van der Waals surface area (Å²) < 4.78 is 0. The Hall–Kier alpha value is -0.610. The maximum Gasteiger partial charge on any atom is 0.141 e. The van der Waals surface area contributed by atoms with E-state index in [9.17, 15) is 0 Å². The van der Waals surface area contributed by atoms with Crippen LogP contribution in [-0.4, -0.2) is 22.3 Å². The summed E-state index contributed by atoms with van der Waals surface area (Å²) >= 11 is 1.99. The maximum absolute atomic E-state index is 4.66. The lowest BCUT2D eigenvalue weighted by molar-refractivity contribution is 0.546. The quantitative estimate of drug-likeness (QED) is 0.873. The molecule has 3 nitrogen and oxygen atoms in total. The molecule has 1 fully saturated rings. The van der Waals surface area contributed by atoms with Crippen molar-refractivity contribution in [1.82, 2.24) is 15.3 Å². The Morgan fingerprint density at radius 2 is 2.41 bits per heavy atom. The largest absolute Gasteiger partial charge is 0.311 e. The molecule has 17 heavy (non-hydrogen) atoms. The van der Waals surface area contributed by atoms with Crippen LogP contribution in [0.5, 0.6) is 0 Å². The van der Waals surface area contributed by atoms with Crippen molar-refractivity contribution in [2.45, 2.75) is 38.5 Å². The van der Waals surface area contributed by atoms with Crippen LogP contribution in [0.3, 0.4) is 0 Å². The summed E-state index contributed by atoms with van der Waals surface area (Å²) in [5.74, 6) is 2.96. The average molecular weight is 251 g/mol. The Labute approximate surface area is 108 Å². The van der Waals surface area contributed by atoms with Crippen LogP contribution >= 0.6 is 11.8 Å². The first-order chi connectivity index (χ1) is 8.25. The van der Waals surface area contributed by atoms with Crippen molar-refractivity contribution >= 4 is 11.8 Å². The molecule has 1 unspecified atom stereocenters. The molecular formula is C13H21N3S. The van der Waals surface area contributed by atoms with Gasteiger partial charge in [-0.05, 0) is 37.1 Å². The van der Waals surface area contributed by atoms with E-state index >= 15 is 0 Å². The second-order valence-electron chi connectivity index (χ2n) is 4.93. The summed E-state index contributed by atoms with van der Waals surface area (Å²) in [6.07, 6.45) is 4.43. The van der Waals surface area contributed by atoms with E-state index in [1.807, 2.05) is 24.0 Å². The topological polar surface area (TPSA) is 37.8 Å². The van der Waals surface area contributed by atoms with E-state index in [-0.39, 0.29) is 0 Å². The number of hydrogen-bond donors (Lipinski definition) is 1. The number of thioether (sulfide) groups is 1. The highest BCUT2D eigenvalue weighted by molar-refractivity contribution is 7.99. The first kappa shape index (κ1) is 12.8. The van der Waals surface area contributed by atoms with Gasteiger partial charge in [-0.2, -0.15) is 11.8 Å². The molecule has 0 radical (unpaired) electrons. The van der Waals surface area contributed by atoms with Gasteiger partial charge in [0.1, 0.15) is 5.82 Å². The molecule has 1 atom stereocenters. The normalized spacial score (nSPS) is 20.1. The minimum atomic E-state index is 0.528. The zero-order valence-corrected chi connectivity index (χ0v) is 11.5. The van der Waals surface area contributed by atoms with Gasteiger partial charge in [-0.15, -0.1) is 0 Å². The lowest BCUT2D eigenvalue weighted by Gasteiger charge is -2.10. The maximum atomic E-state index is 4.66. The third kappa shape index (κ3) is 3.96. The molecule has 0 bridgehead atoms. The average Bonchev–Trinajstić information content (AvgIpc) is 2.82. The molecule has 0 aliphatic carbocycles. The van der Waals surface area contributed by atoms with Crippen molar-refractivity contribution < 1.29 is 0 Å². The van der Waals surface area contributed by atoms with E-state index in [4.69, 9.17) is 0 Å². The third-order valence-corrected chi connectivity index (χ3v) is 4.18. The summed E-state index contributed by atoms with van der Waals surface area (Å²) in [5, 5.41) is 3.95. The molecule has 1 aromatic rings. The van der Waals surface area contributed by atoms with Gasteiger partial charge in [-0.25, -0.2) is 9.97 Å². The van der Waals surface area contributed by atoms with E-state index in [0.717, 1.165) is 24.6 Å². The van der Waals surface area contributed by atoms with Crippen LogP contribution in [0.25, 0.3) is 0 Å². The number of nitrogens with zero attached hydrogens (tertiary/aromatic N) is 2. The van der Waals surface area contributed by atoms with Crippen molar-refractivity contribution in [3.8, 4) is 0 Å². The molecule has 4 heteroatoms. The zero-order chi connectivity index (χ0) is 12.1. The second kappa shape index (κ2) is 6.36. The smallest absolute Gasteiger partial charge is 0.141 e. The number of hydrogen-bond acceptors (Lipinski definition) is 4. The summed E-state index contributed by atoms with van der Waals surface area (Å²) in [7, 11) is 0. The molecule has 94 valence electrons. The Bertz CT molecular complexity index is 348. The predicted octanol–water partition coefficient (Wildman–Crippen LogP) is 2.79. The van der Waals surface area contributed by atoms with E-state index in [1.54, 1.807) is 0 Å². The van der Waals surface area contributed by atoms with Crippen molar-refractivity contribution in [1.29, 1.82) is 0 Å². The molecule has 1 aliphatic heterocycles. The minimum Gasteiger partial charge on any atom is -0.311 e. The molecule has 2 heterocycles. The van der Waals surface area contributed by atoms with Gasteiger partial charge in [-0.3, -0.25) is 0 Å². The van der Waals surface area contributed by atoms with Gasteiger partial charge < -0.3 is 5.32 Å². The summed E-state index contributed by atoms with van der Waals surface area (Å²) in [5.41, 5.74) is 1.11. The van der Waals surface area contributed by atoms with Crippen LogP contribution in [0.1, 0.15) is 43.5 Å². The van der Waals surface area contributed by atoms with Crippen molar-refractivity contribution in [2.24, 2.45) is 5.92 Å². The fourth-order valence-electron chi connectivity index (χ4n) is 1.94. The van der Waals surface area contributed by atoms with Crippen LogP contribution in [0.4, 0.5) is 0 Å². The Morgan fingerprint density at radius 1 is 1.53 bits per heavy atom. The van der Waals surface area contributed by atoms with E-state index in [1.165, 1.54) is 18.6 Å². The van der Waals surface area contributed by atoms with E-state index in [2.05, 4.69) is 29.1 Å². The molecule has 2 rings (SSSR count). The van der Waals surface area contributed by atoms with Crippen LogP contribution in [0.2, 0.25) is 0 Å². The van der Waals surface area contributed by atoms with Crippen LogP contribution in [0, 0.1) is 5.92 Å². The van der Waals surface area contributed by atoms with Crippen LogP contribution in [-0.2, 0) is 6.54 Å². The monoisotopic (exact) mass is 251 g/mol. The lowest BCUT2D eigenvalue weighted by Crippen LogP contribution is -2.20. The molecule has 1 N–H and O–H groups in total. The molecular weight excluding hydrogens is 230 g/mol. The van der Waals surface area contributed by atoms with Gasteiger partial charge in [0.05, 0.1) is 10.9 Å². The number of nitrogens with one attached hydrogen (secondary N) is 1. The summed E-state index contributed by atoms with van der Waals surface area (Å²) in [6.45, 7) is 6.32.